The third-order valence-electron chi connectivity index (χ3n) is 5.43. The van der Waals surface area contributed by atoms with Crippen molar-refractivity contribution in [2.75, 3.05) is 6.61 Å². The molecule has 4 rings (SSSR count). The Hall–Kier alpha value is -3.78. The lowest BCUT2D eigenvalue weighted by atomic mass is 10.0. The van der Waals surface area contributed by atoms with E-state index in [4.69, 9.17) is 4.74 Å². The third kappa shape index (κ3) is 5.58. The van der Waals surface area contributed by atoms with Gasteiger partial charge in [-0.25, -0.2) is 17.6 Å². The van der Waals surface area contributed by atoms with E-state index in [1.807, 2.05) is 6.92 Å². The monoisotopic (exact) mass is 462 g/mol. The molecule has 0 heterocycles. The number of aryl methyl sites for hydroxylation is 2. The maximum Gasteiger partial charge on any atom is 0.159 e. The topological polar surface area (TPSA) is 9.23 Å². The summed E-state index contributed by atoms with van der Waals surface area (Å²) in [5.74, 6) is 3.51. The van der Waals surface area contributed by atoms with Crippen LogP contribution in [0.4, 0.5) is 17.6 Å². The second-order valence-corrected chi connectivity index (χ2v) is 7.99. The number of ether oxygens (including phenoxy) is 1. The molecule has 4 aromatic rings. The number of fused-ring (bicyclic) bond motifs is 1. The van der Waals surface area contributed by atoms with Crippen LogP contribution in [-0.2, 0) is 12.8 Å². The molecule has 34 heavy (non-hydrogen) atoms. The summed E-state index contributed by atoms with van der Waals surface area (Å²) in [4.78, 5) is 0. The molecule has 0 amide bonds. The van der Waals surface area contributed by atoms with Gasteiger partial charge in [0.25, 0.3) is 0 Å². The number of benzene rings is 4. The van der Waals surface area contributed by atoms with Crippen molar-refractivity contribution in [3.63, 3.8) is 0 Å². The average Bonchev–Trinajstić information content (AvgIpc) is 2.82. The zero-order valence-electron chi connectivity index (χ0n) is 18.6. The van der Waals surface area contributed by atoms with Crippen LogP contribution < -0.4 is 4.74 Å². The van der Waals surface area contributed by atoms with Gasteiger partial charge < -0.3 is 4.74 Å². The molecule has 0 aliphatic heterocycles. The fourth-order valence-corrected chi connectivity index (χ4v) is 3.59. The molecule has 0 aromatic heterocycles. The van der Waals surface area contributed by atoms with Gasteiger partial charge in [-0.15, -0.1) is 0 Å². The van der Waals surface area contributed by atoms with Gasteiger partial charge in [0.05, 0.1) is 12.2 Å². The number of hydrogen-bond donors (Lipinski definition) is 0. The van der Waals surface area contributed by atoms with E-state index in [9.17, 15) is 17.6 Å². The average molecular weight is 462 g/mol. The summed E-state index contributed by atoms with van der Waals surface area (Å²) < 4.78 is 61.2. The zero-order chi connectivity index (χ0) is 24.1. The Morgan fingerprint density at radius 3 is 2.21 bits per heavy atom. The Balaban J connectivity index is 1.44. The summed E-state index contributed by atoms with van der Waals surface area (Å²) in [6, 6.07) is 16.8. The molecule has 0 saturated heterocycles. The number of hydrogen-bond acceptors (Lipinski definition) is 1. The van der Waals surface area contributed by atoms with Gasteiger partial charge in [-0.3, -0.25) is 0 Å². The summed E-state index contributed by atoms with van der Waals surface area (Å²) in [5, 5.41) is 1.07. The predicted octanol–water partition coefficient (Wildman–Crippen LogP) is 7.37. The minimum absolute atomic E-state index is 0.220. The molecule has 0 saturated carbocycles. The van der Waals surface area contributed by atoms with Crippen molar-refractivity contribution in [3.05, 3.63) is 112 Å². The summed E-state index contributed by atoms with van der Waals surface area (Å²) >= 11 is 0. The lowest BCUT2D eigenvalue weighted by Gasteiger charge is -2.08. The van der Waals surface area contributed by atoms with Crippen LogP contribution in [0.3, 0.4) is 0 Å². The highest BCUT2D eigenvalue weighted by atomic mass is 19.2. The van der Waals surface area contributed by atoms with E-state index in [1.165, 1.54) is 12.1 Å². The second kappa shape index (κ2) is 10.4. The standard InChI is InChI=1S/C29H22F4O/c1-2-13-34-25-12-11-22(27(31)18-25)9-5-20-4-8-21(26(30)15-20)7-3-19-6-10-23-16-28(32)29(33)17-24(23)14-19/h4,6,8,10-12,14-18H,2,5,9,13H2,1H3. The van der Waals surface area contributed by atoms with E-state index in [2.05, 4.69) is 11.8 Å². The summed E-state index contributed by atoms with van der Waals surface area (Å²) in [6.45, 7) is 2.52. The fourth-order valence-electron chi connectivity index (χ4n) is 3.59. The first-order valence-electron chi connectivity index (χ1n) is 11.0. The first-order chi connectivity index (χ1) is 16.4. The highest BCUT2D eigenvalue weighted by molar-refractivity contribution is 5.84. The maximum absolute atomic E-state index is 14.6. The van der Waals surface area contributed by atoms with Gasteiger partial charge >= 0.3 is 0 Å². The van der Waals surface area contributed by atoms with E-state index in [1.54, 1.807) is 42.5 Å². The van der Waals surface area contributed by atoms with Gasteiger partial charge in [0.1, 0.15) is 17.4 Å². The van der Waals surface area contributed by atoms with Crippen LogP contribution in [0.5, 0.6) is 5.75 Å². The highest BCUT2D eigenvalue weighted by Gasteiger charge is 2.08. The largest absolute Gasteiger partial charge is 0.494 e. The van der Waals surface area contributed by atoms with Gasteiger partial charge in [0.15, 0.2) is 11.6 Å². The highest BCUT2D eigenvalue weighted by Crippen LogP contribution is 2.21. The van der Waals surface area contributed by atoms with Gasteiger partial charge in [0, 0.05) is 11.6 Å². The lowest BCUT2D eigenvalue weighted by Crippen LogP contribution is -1.99. The van der Waals surface area contributed by atoms with Gasteiger partial charge in [-0.2, -0.15) is 0 Å². The van der Waals surface area contributed by atoms with Crippen molar-refractivity contribution in [2.24, 2.45) is 0 Å². The Bertz CT molecular complexity index is 1400. The lowest BCUT2D eigenvalue weighted by molar-refractivity contribution is 0.315. The summed E-state index contributed by atoms with van der Waals surface area (Å²) in [6.07, 6.45) is 1.75. The molecule has 0 atom stereocenters. The molecule has 5 heteroatoms. The van der Waals surface area contributed by atoms with E-state index in [0.29, 0.717) is 47.1 Å². The maximum atomic E-state index is 14.6. The van der Waals surface area contributed by atoms with Crippen LogP contribution in [0.2, 0.25) is 0 Å². The zero-order valence-corrected chi connectivity index (χ0v) is 18.6. The summed E-state index contributed by atoms with van der Waals surface area (Å²) in [5.41, 5.74) is 2.05. The molecule has 1 nitrogen and oxygen atoms in total. The second-order valence-electron chi connectivity index (χ2n) is 7.99. The molecular weight excluding hydrogens is 440 g/mol. The Kier molecular flexibility index (Phi) is 7.18. The van der Waals surface area contributed by atoms with Gasteiger partial charge in [-0.1, -0.05) is 37.0 Å². The quantitative estimate of drug-likeness (QED) is 0.215. The number of rotatable bonds is 6. The molecule has 172 valence electrons. The van der Waals surface area contributed by atoms with Gasteiger partial charge in [0.2, 0.25) is 0 Å². The number of halogens is 4. The molecule has 0 unspecified atom stereocenters. The smallest absolute Gasteiger partial charge is 0.159 e. The van der Waals surface area contributed by atoms with Crippen molar-refractivity contribution in [2.45, 2.75) is 26.2 Å². The van der Waals surface area contributed by atoms with Crippen molar-refractivity contribution in [1.29, 1.82) is 0 Å². The normalized spacial score (nSPS) is 10.7. The Morgan fingerprint density at radius 2 is 1.47 bits per heavy atom. The molecule has 4 aromatic carbocycles. The van der Waals surface area contributed by atoms with Crippen LogP contribution in [0.15, 0.2) is 66.7 Å². The Labute approximate surface area is 196 Å². The van der Waals surface area contributed by atoms with Crippen molar-refractivity contribution >= 4 is 10.8 Å². The molecule has 0 aliphatic rings. The van der Waals surface area contributed by atoms with E-state index >= 15 is 0 Å². The fraction of sp³-hybridized carbons (Fsp3) is 0.172. The molecule has 0 fully saturated rings. The SMILES string of the molecule is CCCOc1ccc(CCc2ccc(C#Cc3ccc4cc(F)c(F)cc4c3)c(F)c2)c(F)c1. The van der Waals surface area contributed by atoms with Crippen molar-refractivity contribution in [3.8, 4) is 17.6 Å². The third-order valence-corrected chi connectivity index (χ3v) is 5.43. The minimum atomic E-state index is -0.931. The van der Waals surface area contributed by atoms with Crippen LogP contribution in [0, 0.1) is 35.1 Å². The molecule has 0 radical (unpaired) electrons. The molecule has 0 spiro atoms. The minimum Gasteiger partial charge on any atom is -0.494 e. The molecule has 0 aliphatic carbocycles. The first kappa shape index (κ1) is 23.4. The van der Waals surface area contributed by atoms with E-state index < -0.39 is 17.5 Å². The summed E-state index contributed by atoms with van der Waals surface area (Å²) in [7, 11) is 0. The molecular formula is C29H22F4O. The van der Waals surface area contributed by atoms with Crippen LogP contribution in [0.25, 0.3) is 10.8 Å². The van der Waals surface area contributed by atoms with Gasteiger partial charge in [-0.05, 0) is 83.6 Å². The predicted molar refractivity (Wildman–Crippen MR) is 126 cm³/mol. The molecule has 0 bridgehead atoms. The van der Waals surface area contributed by atoms with Crippen molar-refractivity contribution in [1.82, 2.24) is 0 Å². The first-order valence-corrected chi connectivity index (χ1v) is 11.0. The van der Waals surface area contributed by atoms with Crippen LogP contribution in [-0.4, -0.2) is 6.61 Å². The van der Waals surface area contributed by atoms with Crippen molar-refractivity contribution < 1.29 is 22.3 Å². The molecule has 0 N–H and O–H groups in total. The van der Waals surface area contributed by atoms with E-state index in [0.717, 1.165) is 24.1 Å². The van der Waals surface area contributed by atoms with Crippen LogP contribution >= 0.6 is 0 Å². The van der Waals surface area contributed by atoms with E-state index in [-0.39, 0.29) is 11.4 Å². The Morgan fingerprint density at radius 1 is 0.676 bits per heavy atom. The van der Waals surface area contributed by atoms with Crippen LogP contribution in [0.1, 0.15) is 35.6 Å².